The first-order valence-electron chi connectivity index (χ1n) is 6.76. The summed E-state index contributed by atoms with van der Waals surface area (Å²) in [5.41, 5.74) is 11.5. The largest absolute Gasteiger partial charge is 0.397 e. The molecule has 2 N–H and O–H groups in total. The number of nitrogen functional groups attached to an aromatic ring is 1. The third-order valence-corrected chi connectivity index (χ3v) is 3.81. The molecular formula is C15H14N6. The quantitative estimate of drug-likeness (QED) is 0.723. The Morgan fingerprint density at radius 1 is 1.00 bits per heavy atom. The second-order valence-electron chi connectivity index (χ2n) is 5.12. The molecule has 0 saturated carbocycles. The number of benzene rings is 2. The van der Waals surface area contributed by atoms with E-state index in [0.29, 0.717) is 0 Å². The van der Waals surface area contributed by atoms with Gasteiger partial charge >= 0.3 is 0 Å². The molecule has 0 bridgehead atoms. The number of nitrogens with zero attached hydrogens (tertiary/aromatic N) is 5. The zero-order valence-electron chi connectivity index (χ0n) is 11.3. The molecule has 4 rings (SSSR count). The van der Waals surface area contributed by atoms with Crippen LogP contribution in [0.5, 0.6) is 0 Å². The Balaban J connectivity index is 1.72. The molecule has 6 nitrogen and oxygen atoms in total. The molecule has 0 radical (unpaired) electrons. The minimum atomic E-state index is 0.764. The molecule has 0 aliphatic carbocycles. The van der Waals surface area contributed by atoms with E-state index >= 15 is 0 Å². The van der Waals surface area contributed by atoms with Crippen molar-refractivity contribution in [3.8, 4) is 5.69 Å². The van der Waals surface area contributed by atoms with Crippen molar-refractivity contribution in [3.63, 3.8) is 0 Å². The van der Waals surface area contributed by atoms with Gasteiger partial charge in [-0.2, -0.15) is 0 Å². The van der Waals surface area contributed by atoms with E-state index in [-0.39, 0.29) is 0 Å². The molecule has 3 aromatic rings. The maximum atomic E-state index is 6.15. The van der Waals surface area contributed by atoms with Gasteiger partial charge in [0, 0.05) is 13.1 Å². The molecule has 0 saturated heterocycles. The molecular weight excluding hydrogens is 264 g/mol. The molecule has 0 unspecified atom stereocenters. The van der Waals surface area contributed by atoms with Crippen LogP contribution in [0.3, 0.4) is 0 Å². The van der Waals surface area contributed by atoms with Crippen molar-refractivity contribution >= 4 is 11.4 Å². The predicted octanol–water partition coefficient (Wildman–Crippen LogP) is 1.76. The molecule has 1 aliphatic heterocycles. The van der Waals surface area contributed by atoms with E-state index in [1.54, 1.807) is 11.0 Å². The van der Waals surface area contributed by atoms with Gasteiger partial charge in [0.05, 0.1) is 17.1 Å². The van der Waals surface area contributed by atoms with Gasteiger partial charge in [-0.05, 0) is 39.8 Å². The molecule has 0 atom stereocenters. The van der Waals surface area contributed by atoms with Crippen LogP contribution in [-0.4, -0.2) is 20.2 Å². The first-order chi connectivity index (χ1) is 10.3. The molecule has 6 heteroatoms. The zero-order valence-corrected chi connectivity index (χ0v) is 11.3. The van der Waals surface area contributed by atoms with Gasteiger partial charge in [-0.3, -0.25) is 0 Å². The number of hydrogen-bond acceptors (Lipinski definition) is 5. The van der Waals surface area contributed by atoms with Crippen molar-refractivity contribution in [1.82, 2.24) is 20.2 Å². The summed E-state index contributed by atoms with van der Waals surface area (Å²) in [7, 11) is 0. The maximum absolute atomic E-state index is 6.15. The van der Waals surface area contributed by atoms with Crippen LogP contribution in [0, 0.1) is 0 Å². The van der Waals surface area contributed by atoms with Crippen LogP contribution in [0.2, 0.25) is 0 Å². The van der Waals surface area contributed by atoms with Crippen LogP contribution >= 0.6 is 0 Å². The number of aromatic nitrogens is 4. The fraction of sp³-hybridized carbons (Fsp3) is 0.133. The van der Waals surface area contributed by atoms with E-state index in [4.69, 9.17) is 5.73 Å². The van der Waals surface area contributed by atoms with Gasteiger partial charge in [0.1, 0.15) is 6.33 Å². The van der Waals surface area contributed by atoms with E-state index in [2.05, 4.69) is 44.7 Å². The fourth-order valence-electron chi connectivity index (χ4n) is 2.73. The minimum absolute atomic E-state index is 0.764. The lowest BCUT2D eigenvalue weighted by Gasteiger charge is -2.20. The standard InChI is InChI=1S/C15H14N6/c16-14-6-5-13(21-10-17-18-19-21)7-15(14)20-8-11-3-1-2-4-12(11)9-20/h1-7,10H,8-9,16H2. The van der Waals surface area contributed by atoms with E-state index in [9.17, 15) is 0 Å². The predicted molar refractivity (Wildman–Crippen MR) is 79.9 cm³/mol. The number of tetrazole rings is 1. The molecule has 21 heavy (non-hydrogen) atoms. The maximum Gasteiger partial charge on any atom is 0.143 e. The van der Waals surface area contributed by atoms with Gasteiger partial charge in [-0.15, -0.1) is 5.10 Å². The summed E-state index contributed by atoms with van der Waals surface area (Å²) in [6.45, 7) is 1.75. The second-order valence-corrected chi connectivity index (χ2v) is 5.12. The molecule has 2 heterocycles. The van der Waals surface area contributed by atoms with Gasteiger partial charge < -0.3 is 10.6 Å². The van der Waals surface area contributed by atoms with Crippen LogP contribution in [0.4, 0.5) is 11.4 Å². The molecule has 1 aliphatic rings. The number of fused-ring (bicyclic) bond motifs is 1. The van der Waals surface area contributed by atoms with Crippen molar-refractivity contribution in [2.45, 2.75) is 13.1 Å². The average molecular weight is 278 g/mol. The number of hydrogen-bond donors (Lipinski definition) is 1. The van der Waals surface area contributed by atoms with Crippen molar-refractivity contribution in [2.75, 3.05) is 10.6 Å². The lowest BCUT2D eigenvalue weighted by atomic mass is 10.1. The van der Waals surface area contributed by atoms with Gasteiger partial charge in [-0.1, -0.05) is 24.3 Å². The van der Waals surface area contributed by atoms with Gasteiger partial charge in [0.2, 0.25) is 0 Å². The minimum Gasteiger partial charge on any atom is -0.397 e. The highest BCUT2D eigenvalue weighted by Gasteiger charge is 2.20. The van der Waals surface area contributed by atoms with Gasteiger partial charge in [-0.25, -0.2) is 4.68 Å². The van der Waals surface area contributed by atoms with Gasteiger partial charge in [0.15, 0.2) is 0 Å². The third kappa shape index (κ3) is 2.01. The Kier molecular flexibility index (Phi) is 2.60. The summed E-state index contributed by atoms with van der Waals surface area (Å²) in [5, 5.41) is 11.3. The van der Waals surface area contributed by atoms with E-state index in [1.807, 2.05) is 18.2 Å². The second kappa shape index (κ2) is 4.59. The normalized spacial score (nSPS) is 13.4. The highest BCUT2D eigenvalue weighted by atomic mass is 15.5. The monoisotopic (exact) mass is 278 g/mol. The Morgan fingerprint density at radius 2 is 1.76 bits per heavy atom. The molecule has 1 aromatic heterocycles. The van der Waals surface area contributed by atoms with Crippen LogP contribution in [-0.2, 0) is 13.1 Å². The average Bonchev–Trinajstić information content (AvgIpc) is 3.17. The molecule has 0 spiro atoms. The first-order valence-corrected chi connectivity index (χ1v) is 6.76. The van der Waals surface area contributed by atoms with Gasteiger partial charge in [0.25, 0.3) is 0 Å². The van der Waals surface area contributed by atoms with Crippen molar-refractivity contribution in [3.05, 3.63) is 59.9 Å². The van der Waals surface area contributed by atoms with Crippen LogP contribution in [0.1, 0.15) is 11.1 Å². The summed E-state index contributed by atoms with van der Waals surface area (Å²) >= 11 is 0. The lowest BCUT2D eigenvalue weighted by molar-refractivity contribution is 0.787. The smallest absolute Gasteiger partial charge is 0.143 e. The summed E-state index contributed by atoms with van der Waals surface area (Å²) in [5.74, 6) is 0. The molecule has 0 amide bonds. The molecule has 2 aromatic carbocycles. The van der Waals surface area contributed by atoms with Crippen molar-refractivity contribution in [1.29, 1.82) is 0 Å². The van der Waals surface area contributed by atoms with Crippen LogP contribution in [0.25, 0.3) is 5.69 Å². The van der Waals surface area contributed by atoms with Crippen molar-refractivity contribution < 1.29 is 0 Å². The summed E-state index contributed by atoms with van der Waals surface area (Å²) in [4.78, 5) is 2.27. The third-order valence-electron chi connectivity index (χ3n) is 3.81. The topological polar surface area (TPSA) is 72.9 Å². The van der Waals surface area contributed by atoms with Crippen LogP contribution in [0.15, 0.2) is 48.8 Å². The fourth-order valence-corrected chi connectivity index (χ4v) is 2.73. The lowest BCUT2D eigenvalue weighted by Crippen LogP contribution is -2.16. The highest BCUT2D eigenvalue weighted by molar-refractivity contribution is 5.71. The Morgan fingerprint density at radius 3 is 2.43 bits per heavy atom. The number of anilines is 2. The molecule has 0 fully saturated rings. The van der Waals surface area contributed by atoms with Crippen molar-refractivity contribution in [2.24, 2.45) is 0 Å². The first kappa shape index (κ1) is 11.9. The molecule has 104 valence electrons. The number of nitrogens with two attached hydrogens (primary N) is 1. The number of rotatable bonds is 2. The zero-order chi connectivity index (χ0) is 14.2. The highest BCUT2D eigenvalue weighted by Crippen LogP contribution is 2.33. The van der Waals surface area contributed by atoms with Crippen LogP contribution < -0.4 is 10.6 Å². The Labute approximate surface area is 121 Å². The van der Waals surface area contributed by atoms with E-state index in [0.717, 1.165) is 30.2 Å². The Bertz CT molecular complexity index is 756. The SMILES string of the molecule is Nc1ccc(-n2cnnn2)cc1N1Cc2ccccc2C1. The van der Waals surface area contributed by atoms with E-state index in [1.165, 1.54) is 11.1 Å². The Hall–Kier alpha value is -2.89. The summed E-state index contributed by atoms with van der Waals surface area (Å²) in [6, 6.07) is 14.3. The van der Waals surface area contributed by atoms with E-state index < -0.39 is 0 Å². The summed E-state index contributed by atoms with van der Waals surface area (Å²) < 4.78 is 1.63. The summed E-state index contributed by atoms with van der Waals surface area (Å²) in [6.07, 6.45) is 1.58.